The number of carbonyl (C=O) groups is 2. The van der Waals surface area contributed by atoms with Gasteiger partial charge in [-0.2, -0.15) is 0 Å². The van der Waals surface area contributed by atoms with Gasteiger partial charge in [-0.1, -0.05) is 0 Å². The van der Waals surface area contributed by atoms with Gasteiger partial charge in [-0.05, 0) is 20.8 Å². The molecule has 6 nitrogen and oxygen atoms in total. The second kappa shape index (κ2) is 5.55. The Morgan fingerprint density at radius 2 is 1.93 bits per heavy atom. The lowest BCUT2D eigenvalue weighted by Crippen LogP contribution is -2.45. The highest BCUT2D eigenvalue weighted by molar-refractivity contribution is 5.80. The van der Waals surface area contributed by atoms with Gasteiger partial charge < -0.3 is 19.9 Å². The van der Waals surface area contributed by atoms with Crippen LogP contribution in [-0.4, -0.2) is 42.5 Å². The van der Waals surface area contributed by atoms with Crippen LogP contribution in [0.3, 0.4) is 0 Å². The lowest BCUT2D eigenvalue weighted by Gasteiger charge is -2.21. The molecule has 0 aliphatic heterocycles. The van der Waals surface area contributed by atoms with Crippen LogP contribution in [-0.2, 0) is 14.3 Å². The van der Waals surface area contributed by atoms with E-state index >= 15 is 0 Å². The molecule has 1 unspecified atom stereocenters. The van der Waals surface area contributed by atoms with Crippen LogP contribution in [0.5, 0.6) is 0 Å². The normalized spacial score (nSPS) is 13.1. The summed E-state index contributed by atoms with van der Waals surface area (Å²) in [5.74, 6) is -1.16. The van der Waals surface area contributed by atoms with Gasteiger partial charge in [-0.15, -0.1) is 0 Å². The van der Waals surface area contributed by atoms with E-state index < -0.39 is 23.7 Å². The maximum atomic E-state index is 11.2. The minimum Gasteiger partial charge on any atom is -0.480 e. The van der Waals surface area contributed by atoms with Crippen molar-refractivity contribution in [3.05, 3.63) is 0 Å². The Morgan fingerprint density at radius 3 is 2.27 bits per heavy atom. The quantitative estimate of drug-likeness (QED) is 0.723. The van der Waals surface area contributed by atoms with Gasteiger partial charge in [0.15, 0.2) is 6.04 Å². The van der Waals surface area contributed by atoms with Crippen molar-refractivity contribution in [1.29, 1.82) is 0 Å². The van der Waals surface area contributed by atoms with Gasteiger partial charge in [0.1, 0.15) is 5.60 Å². The highest BCUT2D eigenvalue weighted by atomic mass is 16.6. The number of aliphatic carboxylic acids is 1. The first-order valence-electron chi connectivity index (χ1n) is 4.47. The second-order valence-corrected chi connectivity index (χ2v) is 3.99. The number of carboxylic acids is 1. The van der Waals surface area contributed by atoms with E-state index in [2.05, 4.69) is 10.1 Å². The third kappa shape index (κ3) is 6.73. The van der Waals surface area contributed by atoms with Crippen molar-refractivity contribution in [2.75, 3.05) is 13.7 Å². The van der Waals surface area contributed by atoms with Crippen molar-refractivity contribution in [1.82, 2.24) is 5.32 Å². The van der Waals surface area contributed by atoms with Gasteiger partial charge in [0.2, 0.25) is 0 Å². The van der Waals surface area contributed by atoms with Gasteiger partial charge in [0.25, 0.3) is 0 Å². The molecular formula is C9H17NO5. The molecule has 0 rings (SSSR count). The molecule has 0 aliphatic rings. The van der Waals surface area contributed by atoms with Crippen LogP contribution in [0.1, 0.15) is 20.8 Å². The molecule has 0 aromatic heterocycles. The molecule has 88 valence electrons. The van der Waals surface area contributed by atoms with Gasteiger partial charge in [0, 0.05) is 7.11 Å². The number of alkyl carbamates (subject to hydrolysis) is 1. The summed E-state index contributed by atoms with van der Waals surface area (Å²) in [7, 11) is 1.35. The summed E-state index contributed by atoms with van der Waals surface area (Å²) in [6, 6.07) is -1.09. The topological polar surface area (TPSA) is 84.9 Å². The number of hydrogen-bond donors (Lipinski definition) is 2. The van der Waals surface area contributed by atoms with Crippen LogP contribution in [0.2, 0.25) is 0 Å². The molecule has 0 spiro atoms. The summed E-state index contributed by atoms with van der Waals surface area (Å²) < 4.78 is 9.54. The smallest absolute Gasteiger partial charge is 0.408 e. The number of amides is 1. The largest absolute Gasteiger partial charge is 0.480 e. The average Bonchev–Trinajstić information content (AvgIpc) is 1.99. The van der Waals surface area contributed by atoms with Crippen LogP contribution < -0.4 is 5.32 Å². The summed E-state index contributed by atoms with van der Waals surface area (Å²) >= 11 is 0. The maximum Gasteiger partial charge on any atom is 0.408 e. The third-order valence-corrected chi connectivity index (χ3v) is 1.32. The van der Waals surface area contributed by atoms with Crippen molar-refractivity contribution in [3.63, 3.8) is 0 Å². The van der Waals surface area contributed by atoms with Crippen molar-refractivity contribution >= 4 is 12.1 Å². The third-order valence-electron chi connectivity index (χ3n) is 1.32. The minimum atomic E-state index is -1.16. The molecule has 0 saturated carbocycles. The van der Waals surface area contributed by atoms with Crippen LogP contribution in [0.4, 0.5) is 4.79 Å². The predicted molar refractivity (Wildman–Crippen MR) is 52.7 cm³/mol. The summed E-state index contributed by atoms with van der Waals surface area (Å²) in [5.41, 5.74) is -0.653. The zero-order valence-electron chi connectivity index (χ0n) is 9.36. The molecule has 0 saturated heterocycles. The molecule has 2 N–H and O–H groups in total. The second-order valence-electron chi connectivity index (χ2n) is 3.99. The Hall–Kier alpha value is -1.30. The van der Waals surface area contributed by atoms with Crippen LogP contribution in [0.25, 0.3) is 0 Å². The Bertz CT molecular complexity index is 233. The molecule has 0 aliphatic carbocycles. The highest BCUT2D eigenvalue weighted by Crippen LogP contribution is 2.06. The first-order valence-corrected chi connectivity index (χ1v) is 4.47. The van der Waals surface area contributed by atoms with Gasteiger partial charge in [-0.3, -0.25) is 0 Å². The molecule has 0 radical (unpaired) electrons. The van der Waals surface area contributed by atoms with E-state index in [4.69, 9.17) is 9.84 Å². The number of carbonyl (C=O) groups excluding carboxylic acids is 1. The molecular weight excluding hydrogens is 202 g/mol. The lowest BCUT2D eigenvalue weighted by atomic mass is 10.2. The monoisotopic (exact) mass is 219 g/mol. The summed E-state index contributed by atoms with van der Waals surface area (Å²) in [6.45, 7) is 4.98. The standard InChI is InChI=1S/C9H17NO5/c1-9(2,3)15-8(13)10-6(5-14-4)7(11)12/h6H,5H2,1-4H3,(H,10,13)(H,11,12). The maximum absolute atomic E-state index is 11.2. The Labute approximate surface area is 88.6 Å². The number of carboxylic acid groups (broad SMARTS) is 1. The van der Waals surface area contributed by atoms with Gasteiger partial charge in [0.05, 0.1) is 6.61 Å². The van der Waals surface area contributed by atoms with E-state index in [0.29, 0.717) is 0 Å². The average molecular weight is 219 g/mol. The number of hydrogen-bond acceptors (Lipinski definition) is 4. The Kier molecular flexibility index (Phi) is 5.07. The molecule has 6 heteroatoms. The Morgan fingerprint density at radius 1 is 1.40 bits per heavy atom. The number of nitrogens with one attached hydrogen (secondary N) is 1. The zero-order chi connectivity index (χ0) is 12.1. The van der Waals surface area contributed by atoms with Crippen LogP contribution in [0.15, 0.2) is 0 Å². The van der Waals surface area contributed by atoms with Gasteiger partial charge >= 0.3 is 12.1 Å². The fourth-order valence-corrected chi connectivity index (χ4v) is 0.791. The lowest BCUT2D eigenvalue weighted by molar-refractivity contribution is -0.140. The van der Waals surface area contributed by atoms with E-state index in [-0.39, 0.29) is 6.61 Å². The molecule has 0 aromatic carbocycles. The van der Waals surface area contributed by atoms with E-state index in [9.17, 15) is 9.59 Å². The minimum absolute atomic E-state index is 0.103. The molecule has 0 fully saturated rings. The number of rotatable bonds is 4. The van der Waals surface area contributed by atoms with Crippen molar-refractivity contribution in [3.8, 4) is 0 Å². The highest BCUT2D eigenvalue weighted by Gasteiger charge is 2.23. The van der Waals surface area contributed by atoms with Crippen molar-refractivity contribution < 1.29 is 24.2 Å². The molecule has 0 heterocycles. The van der Waals surface area contributed by atoms with E-state index in [1.807, 2.05) is 0 Å². The summed E-state index contributed by atoms with van der Waals surface area (Å²) in [6.07, 6.45) is -0.771. The van der Waals surface area contributed by atoms with Crippen LogP contribution in [0, 0.1) is 0 Å². The van der Waals surface area contributed by atoms with Gasteiger partial charge in [-0.25, -0.2) is 9.59 Å². The number of ether oxygens (including phenoxy) is 2. The van der Waals surface area contributed by atoms with E-state index in [1.165, 1.54) is 7.11 Å². The molecule has 1 amide bonds. The van der Waals surface area contributed by atoms with Crippen molar-refractivity contribution in [2.45, 2.75) is 32.4 Å². The molecule has 1 atom stereocenters. The first-order chi connectivity index (χ1) is 6.76. The zero-order valence-corrected chi connectivity index (χ0v) is 9.36. The first kappa shape index (κ1) is 13.7. The fourth-order valence-electron chi connectivity index (χ4n) is 0.791. The molecule has 0 aromatic rings. The summed E-state index contributed by atoms with van der Waals surface area (Å²) in [4.78, 5) is 21.8. The molecule has 15 heavy (non-hydrogen) atoms. The number of methoxy groups -OCH3 is 1. The predicted octanol–water partition coefficient (Wildman–Crippen LogP) is 0.611. The molecule has 0 bridgehead atoms. The summed E-state index contributed by atoms with van der Waals surface area (Å²) in [5, 5.41) is 10.9. The van der Waals surface area contributed by atoms with E-state index in [1.54, 1.807) is 20.8 Å². The van der Waals surface area contributed by atoms with Crippen molar-refractivity contribution in [2.24, 2.45) is 0 Å². The fraction of sp³-hybridized carbons (Fsp3) is 0.778. The Balaban J connectivity index is 4.18. The van der Waals surface area contributed by atoms with Crippen LogP contribution >= 0.6 is 0 Å². The van der Waals surface area contributed by atoms with E-state index in [0.717, 1.165) is 0 Å². The SMILES string of the molecule is COCC(NC(=O)OC(C)(C)C)C(=O)O.